The van der Waals surface area contributed by atoms with Gasteiger partial charge in [-0.2, -0.15) is 0 Å². The molecule has 1 saturated heterocycles. The van der Waals surface area contributed by atoms with Crippen molar-refractivity contribution in [2.45, 2.75) is 44.2 Å². The van der Waals surface area contributed by atoms with E-state index in [1.54, 1.807) is 0 Å². The lowest BCUT2D eigenvalue weighted by atomic mass is 9.81. The maximum absolute atomic E-state index is 12.4. The van der Waals surface area contributed by atoms with E-state index in [4.69, 9.17) is 4.74 Å². The topological polar surface area (TPSA) is 41.6 Å². The van der Waals surface area contributed by atoms with Crippen LogP contribution in [-0.2, 0) is 4.74 Å². The molecule has 1 amide bonds. The lowest BCUT2D eigenvalue weighted by Crippen LogP contribution is -2.53. The molecule has 1 aromatic carbocycles. The van der Waals surface area contributed by atoms with E-state index in [1.807, 2.05) is 31.4 Å². The van der Waals surface area contributed by atoms with Crippen LogP contribution in [0.4, 0.5) is 0 Å². The Morgan fingerprint density at radius 1 is 1.21 bits per heavy atom. The molecule has 1 N–H and O–H groups in total. The molecule has 0 spiro atoms. The third-order valence-corrected chi connectivity index (χ3v) is 5.95. The highest BCUT2D eigenvalue weighted by Gasteiger charge is 2.38. The van der Waals surface area contributed by atoms with Gasteiger partial charge in [0.1, 0.15) is 0 Å². The molecule has 3 rings (SSSR count). The van der Waals surface area contributed by atoms with Crippen molar-refractivity contribution in [3.63, 3.8) is 0 Å². The standard InChI is InChI=1S/C19H27BrN2O2/c1-24-17-6-4-5-15(18(17)22-11-2-3-12-22)13-21-19(23)14-7-9-16(20)10-8-14/h7-10,15,17-18H,2-6,11-13H2,1H3,(H,21,23). The van der Waals surface area contributed by atoms with Crippen LogP contribution in [0.1, 0.15) is 42.5 Å². The van der Waals surface area contributed by atoms with Crippen LogP contribution < -0.4 is 5.32 Å². The summed E-state index contributed by atoms with van der Waals surface area (Å²) >= 11 is 3.41. The highest BCUT2D eigenvalue weighted by molar-refractivity contribution is 9.10. The number of nitrogens with zero attached hydrogens (tertiary/aromatic N) is 1. The van der Waals surface area contributed by atoms with Gasteiger partial charge in [0.15, 0.2) is 0 Å². The Bertz CT molecular complexity index is 541. The third kappa shape index (κ3) is 4.19. The molecule has 24 heavy (non-hydrogen) atoms. The summed E-state index contributed by atoms with van der Waals surface area (Å²) in [5.74, 6) is 0.489. The number of amides is 1. The van der Waals surface area contributed by atoms with Crippen molar-refractivity contribution in [2.24, 2.45) is 5.92 Å². The SMILES string of the molecule is COC1CCCC(CNC(=O)c2ccc(Br)cc2)C1N1CCCC1. The minimum atomic E-state index is 0.0159. The number of rotatable bonds is 5. The number of ether oxygens (including phenoxy) is 1. The molecule has 2 fully saturated rings. The zero-order valence-electron chi connectivity index (χ0n) is 14.3. The molecule has 3 atom stereocenters. The fourth-order valence-corrected chi connectivity index (χ4v) is 4.47. The maximum Gasteiger partial charge on any atom is 0.251 e. The summed E-state index contributed by atoms with van der Waals surface area (Å²) < 4.78 is 6.78. The van der Waals surface area contributed by atoms with Gasteiger partial charge in [0.05, 0.1) is 6.10 Å². The van der Waals surface area contributed by atoms with Crippen molar-refractivity contribution in [3.8, 4) is 0 Å². The summed E-state index contributed by atoms with van der Waals surface area (Å²) in [5, 5.41) is 3.15. The number of nitrogens with one attached hydrogen (secondary N) is 1. The predicted octanol–water partition coefficient (Wildman–Crippen LogP) is 3.46. The third-order valence-electron chi connectivity index (χ3n) is 5.42. The van der Waals surface area contributed by atoms with E-state index < -0.39 is 0 Å². The average Bonchev–Trinajstić information content (AvgIpc) is 3.14. The zero-order chi connectivity index (χ0) is 16.9. The molecule has 1 aliphatic heterocycles. The summed E-state index contributed by atoms with van der Waals surface area (Å²) in [6.45, 7) is 3.07. The van der Waals surface area contributed by atoms with Crippen LogP contribution in [0, 0.1) is 5.92 Å². The van der Waals surface area contributed by atoms with E-state index in [-0.39, 0.29) is 5.91 Å². The fourth-order valence-electron chi connectivity index (χ4n) is 4.21. The van der Waals surface area contributed by atoms with Crippen LogP contribution >= 0.6 is 15.9 Å². The monoisotopic (exact) mass is 394 g/mol. The first-order valence-electron chi connectivity index (χ1n) is 8.99. The van der Waals surface area contributed by atoms with Crippen molar-refractivity contribution in [1.82, 2.24) is 10.2 Å². The summed E-state index contributed by atoms with van der Waals surface area (Å²) in [4.78, 5) is 15.0. The van der Waals surface area contributed by atoms with E-state index in [0.29, 0.717) is 18.1 Å². The number of likely N-dealkylation sites (tertiary alicyclic amines) is 1. The summed E-state index contributed by atoms with van der Waals surface area (Å²) in [6, 6.07) is 7.97. The highest BCUT2D eigenvalue weighted by atomic mass is 79.9. The van der Waals surface area contributed by atoms with E-state index in [9.17, 15) is 4.79 Å². The maximum atomic E-state index is 12.4. The van der Waals surface area contributed by atoms with Gasteiger partial charge in [0.2, 0.25) is 0 Å². The minimum Gasteiger partial charge on any atom is -0.380 e. The first-order valence-corrected chi connectivity index (χ1v) is 9.79. The van der Waals surface area contributed by atoms with E-state index >= 15 is 0 Å². The summed E-state index contributed by atoms with van der Waals surface area (Å²) in [7, 11) is 1.83. The number of hydrogen-bond donors (Lipinski definition) is 1. The van der Waals surface area contributed by atoms with Gasteiger partial charge in [-0.15, -0.1) is 0 Å². The number of carbonyl (C=O) groups is 1. The van der Waals surface area contributed by atoms with Crippen LogP contribution in [0.2, 0.25) is 0 Å². The van der Waals surface area contributed by atoms with Crippen molar-refractivity contribution in [3.05, 3.63) is 34.3 Å². The second kappa shape index (κ2) is 8.45. The molecule has 1 saturated carbocycles. The Labute approximate surface area is 153 Å². The Morgan fingerprint density at radius 2 is 1.92 bits per heavy atom. The second-order valence-corrected chi connectivity index (χ2v) is 7.83. The van der Waals surface area contributed by atoms with Gasteiger partial charge >= 0.3 is 0 Å². The van der Waals surface area contributed by atoms with E-state index in [1.165, 1.54) is 38.8 Å². The predicted molar refractivity (Wildman–Crippen MR) is 99.2 cm³/mol. The first kappa shape index (κ1) is 17.9. The van der Waals surface area contributed by atoms with Gasteiger partial charge in [-0.25, -0.2) is 0 Å². The molecule has 4 nitrogen and oxygen atoms in total. The van der Waals surface area contributed by atoms with Crippen molar-refractivity contribution in [2.75, 3.05) is 26.7 Å². The van der Waals surface area contributed by atoms with Crippen LogP contribution in [-0.4, -0.2) is 49.7 Å². The van der Waals surface area contributed by atoms with Crippen LogP contribution in [0.15, 0.2) is 28.7 Å². The molecule has 0 aromatic heterocycles. The van der Waals surface area contributed by atoms with Crippen molar-refractivity contribution < 1.29 is 9.53 Å². The molecule has 132 valence electrons. The molecule has 3 unspecified atom stereocenters. The van der Waals surface area contributed by atoms with Crippen LogP contribution in [0.5, 0.6) is 0 Å². The first-order chi connectivity index (χ1) is 11.7. The Balaban J connectivity index is 1.63. The average molecular weight is 395 g/mol. The second-order valence-electron chi connectivity index (χ2n) is 6.92. The molecule has 5 heteroatoms. The van der Waals surface area contributed by atoms with Gasteiger partial charge in [-0.05, 0) is 69.0 Å². The molecule has 2 aliphatic rings. The lowest BCUT2D eigenvalue weighted by Gasteiger charge is -2.42. The molecule has 0 bridgehead atoms. The molecule has 1 aromatic rings. The molecule has 1 aliphatic carbocycles. The largest absolute Gasteiger partial charge is 0.380 e. The molecule has 0 radical (unpaired) electrons. The van der Waals surface area contributed by atoms with Crippen LogP contribution in [0.25, 0.3) is 0 Å². The van der Waals surface area contributed by atoms with E-state index in [2.05, 4.69) is 26.1 Å². The Kier molecular flexibility index (Phi) is 6.31. The zero-order valence-corrected chi connectivity index (χ0v) is 15.9. The Morgan fingerprint density at radius 3 is 2.58 bits per heavy atom. The van der Waals surface area contributed by atoms with Gasteiger partial charge in [0, 0.05) is 29.7 Å². The molecular weight excluding hydrogens is 368 g/mol. The van der Waals surface area contributed by atoms with E-state index in [0.717, 1.165) is 23.0 Å². The van der Waals surface area contributed by atoms with Gasteiger partial charge in [-0.3, -0.25) is 9.69 Å². The molecule has 1 heterocycles. The van der Waals surface area contributed by atoms with Crippen molar-refractivity contribution >= 4 is 21.8 Å². The quantitative estimate of drug-likeness (QED) is 0.831. The van der Waals surface area contributed by atoms with Crippen LogP contribution in [0.3, 0.4) is 0 Å². The minimum absolute atomic E-state index is 0.0159. The highest BCUT2D eigenvalue weighted by Crippen LogP contribution is 2.32. The number of methoxy groups -OCH3 is 1. The Hall–Kier alpha value is -0.910. The summed E-state index contributed by atoms with van der Waals surface area (Å²) in [5.41, 5.74) is 0.718. The van der Waals surface area contributed by atoms with Gasteiger partial charge in [0.25, 0.3) is 5.91 Å². The van der Waals surface area contributed by atoms with Gasteiger partial charge in [-0.1, -0.05) is 22.4 Å². The molecular formula is C19H27BrN2O2. The van der Waals surface area contributed by atoms with Gasteiger partial charge < -0.3 is 10.1 Å². The number of carbonyl (C=O) groups excluding carboxylic acids is 1. The smallest absolute Gasteiger partial charge is 0.251 e. The lowest BCUT2D eigenvalue weighted by molar-refractivity contribution is -0.0300. The number of halogens is 1. The van der Waals surface area contributed by atoms with Crippen molar-refractivity contribution in [1.29, 1.82) is 0 Å². The fraction of sp³-hybridized carbons (Fsp3) is 0.632. The summed E-state index contributed by atoms with van der Waals surface area (Å²) in [6.07, 6.45) is 6.35. The number of hydrogen-bond acceptors (Lipinski definition) is 3. The number of benzene rings is 1. The normalized spacial score (nSPS) is 28.0.